The lowest BCUT2D eigenvalue weighted by molar-refractivity contribution is 0.0695. The second kappa shape index (κ2) is 5.62. The molecule has 0 aliphatic rings. The Hall–Kier alpha value is -2.89. The normalized spacial score (nSPS) is 10.2. The van der Waals surface area contributed by atoms with Gasteiger partial charge in [-0.05, 0) is 31.5 Å². The zero-order valence-electron chi connectivity index (χ0n) is 11.6. The number of benzene rings is 1. The minimum Gasteiger partial charge on any atom is -0.478 e. The Morgan fingerprint density at radius 3 is 2.48 bits per heavy atom. The summed E-state index contributed by atoms with van der Waals surface area (Å²) >= 11 is 0. The van der Waals surface area contributed by atoms with E-state index < -0.39 is 17.3 Å². The fourth-order valence-electron chi connectivity index (χ4n) is 1.88. The monoisotopic (exact) mass is 286 g/mol. The maximum Gasteiger partial charge on any atom is 0.336 e. The first-order valence-electron chi connectivity index (χ1n) is 6.23. The van der Waals surface area contributed by atoms with E-state index in [9.17, 15) is 14.4 Å². The molecule has 0 saturated heterocycles. The van der Waals surface area contributed by atoms with Crippen molar-refractivity contribution in [2.24, 2.45) is 0 Å². The molecule has 0 aliphatic heterocycles. The average Bonchev–Trinajstić information content (AvgIpc) is 2.40. The number of aromatic amines is 1. The van der Waals surface area contributed by atoms with Gasteiger partial charge in [-0.1, -0.05) is 6.07 Å². The van der Waals surface area contributed by atoms with E-state index in [4.69, 9.17) is 5.11 Å². The average molecular weight is 286 g/mol. The molecule has 0 radical (unpaired) electrons. The van der Waals surface area contributed by atoms with Crippen LogP contribution < -0.4 is 10.7 Å². The van der Waals surface area contributed by atoms with Crippen LogP contribution in [0.15, 0.2) is 35.3 Å². The SMILES string of the molecule is Cc1cc(=O)c(C(=O)Nc2ccc(C)c(C(=O)O)c2)c[nH]1. The number of pyridine rings is 1. The third-order valence-corrected chi connectivity index (χ3v) is 3.03. The van der Waals surface area contributed by atoms with Crippen LogP contribution >= 0.6 is 0 Å². The lowest BCUT2D eigenvalue weighted by Gasteiger charge is -2.07. The smallest absolute Gasteiger partial charge is 0.336 e. The number of hydrogen-bond acceptors (Lipinski definition) is 3. The van der Waals surface area contributed by atoms with Crippen molar-refractivity contribution < 1.29 is 14.7 Å². The largest absolute Gasteiger partial charge is 0.478 e. The Morgan fingerprint density at radius 2 is 1.86 bits per heavy atom. The van der Waals surface area contributed by atoms with Gasteiger partial charge in [0.15, 0.2) is 5.43 Å². The van der Waals surface area contributed by atoms with Crippen LogP contribution in [-0.2, 0) is 0 Å². The summed E-state index contributed by atoms with van der Waals surface area (Å²) in [5, 5.41) is 11.6. The van der Waals surface area contributed by atoms with E-state index in [0.29, 0.717) is 16.9 Å². The number of carbonyl (C=O) groups excluding carboxylic acids is 1. The maximum absolute atomic E-state index is 12.0. The van der Waals surface area contributed by atoms with Gasteiger partial charge in [-0.25, -0.2) is 4.79 Å². The van der Waals surface area contributed by atoms with Crippen LogP contribution in [0, 0.1) is 13.8 Å². The molecule has 3 N–H and O–H groups in total. The minimum atomic E-state index is -1.07. The molecule has 0 unspecified atom stereocenters. The molecule has 0 bridgehead atoms. The zero-order valence-corrected chi connectivity index (χ0v) is 11.6. The van der Waals surface area contributed by atoms with E-state index in [1.807, 2.05) is 0 Å². The fraction of sp³-hybridized carbons (Fsp3) is 0.133. The van der Waals surface area contributed by atoms with Crippen molar-refractivity contribution in [3.8, 4) is 0 Å². The van der Waals surface area contributed by atoms with Crippen LogP contribution in [0.5, 0.6) is 0 Å². The molecule has 6 heteroatoms. The standard InChI is InChI=1S/C15H14N2O4/c1-8-3-4-10(6-11(8)15(20)21)17-14(19)12-7-16-9(2)5-13(12)18/h3-7H,1-2H3,(H,16,18)(H,17,19)(H,20,21). The number of rotatable bonds is 3. The highest BCUT2D eigenvalue weighted by atomic mass is 16.4. The highest BCUT2D eigenvalue weighted by Crippen LogP contribution is 2.16. The Bertz CT molecular complexity index is 777. The van der Waals surface area contributed by atoms with Gasteiger partial charge in [-0.2, -0.15) is 0 Å². The van der Waals surface area contributed by atoms with Gasteiger partial charge < -0.3 is 15.4 Å². The Balaban J connectivity index is 2.29. The number of nitrogens with one attached hydrogen (secondary N) is 2. The first-order valence-corrected chi connectivity index (χ1v) is 6.23. The molecule has 1 heterocycles. The lowest BCUT2D eigenvalue weighted by Crippen LogP contribution is -2.21. The molecule has 2 aromatic rings. The Morgan fingerprint density at radius 1 is 1.14 bits per heavy atom. The summed E-state index contributed by atoms with van der Waals surface area (Å²) in [7, 11) is 0. The molecule has 6 nitrogen and oxygen atoms in total. The molecule has 108 valence electrons. The van der Waals surface area contributed by atoms with E-state index in [1.165, 1.54) is 18.3 Å². The zero-order chi connectivity index (χ0) is 15.6. The van der Waals surface area contributed by atoms with E-state index in [0.717, 1.165) is 0 Å². The van der Waals surface area contributed by atoms with Crippen LogP contribution in [0.25, 0.3) is 0 Å². The Labute approximate surface area is 120 Å². The molecule has 0 spiro atoms. The molecule has 1 aromatic carbocycles. The van der Waals surface area contributed by atoms with Gasteiger partial charge in [0.2, 0.25) is 0 Å². The number of H-pyrrole nitrogens is 1. The van der Waals surface area contributed by atoms with Crippen molar-refractivity contribution in [1.29, 1.82) is 0 Å². The summed E-state index contributed by atoms with van der Waals surface area (Å²) in [5.41, 5.74) is 1.25. The first-order chi connectivity index (χ1) is 9.88. The highest BCUT2D eigenvalue weighted by molar-refractivity contribution is 6.04. The van der Waals surface area contributed by atoms with Gasteiger partial charge in [-0.3, -0.25) is 9.59 Å². The Kier molecular flexibility index (Phi) is 3.89. The highest BCUT2D eigenvalue weighted by Gasteiger charge is 2.13. The van der Waals surface area contributed by atoms with Gasteiger partial charge in [0, 0.05) is 23.6 Å². The van der Waals surface area contributed by atoms with Gasteiger partial charge >= 0.3 is 5.97 Å². The summed E-state index contributed by atoms with van der Waals surface area (Å²) < 4.78 is 0. The van der Waals surface area contributed by atoms with Gasteiger partial charge in [0.1, 0.15) is 5.56 Å². The molecule has 2 rings (SSSR count). The molecular weight excluding hydrogens is 272 g/mol. The number of carbonyl (C=O) groups is 2. The molecular formula is C15H14N2O4. The molecule has 21 heavy (non-hydrogen) atoms. The molecule has 1 aromatic heterocycles. The molecule has 0 atom stereocenters. The van der Waals surface area contributed by atoms with E-state index in [2.05, 4.69) is 10.3 Å². The fourth-order valence-corrected chi connectivity index (χ4v) is 1.88. The summed E-state index contributed by atoms with van der Waals surface area (Å²) in [6.45, 7) is 3.38. The van der Waals surface area contributed by atoms with E-state index in [-0.39, 0.29) is 11.1 Å². The maximum atomic E-state index is 12.0. The van der Waals surface area contributed by atoms with Crippen LogP contribution in [0.4, 0.5) is 5.69 Å². The number of amides is 1. The number of aromatic nitrogens is 1. The third-order valence-electron chi connectivity index (χ3n) is 3.03. The van der Waals surface area contributed by atoms with Crippen LogP contribution in [-0.4, -0.2) is 22.0 Å². The van der Waals surface area contributed by atoms with Crippen LogP contribution in [0.1, 0.15) is 32.0 Å². The molecule has 0 fully saturated rings. The second-order valence-electron chi connectivity index (χ2n) is 4.68. The van der Waals surface area contributed by atoms with Crippen LogP contribution in [0.2, 0.25) is 0 Å². The molecule has 1 amide bonds. The van der Waals surface area contributed by atoms with Crippen molar-refractivity contribution in [1.82, 2.24) is 4.98 Å². The number of anilines is 1. The summed E-state index contributed by atoms with van der Waals surface area (Å²) in [5.74, 6) is -1.66. The lowest BCUT2D eigenvalue weighted by atomic mass is 10.1. The second-order valence-corrected chi connectivity index (χ2v) is 4.68. The van der Waals surface area contributed by atoms with Crippen molar-refractivity contribution in [2.45, 2.75) is 13.8 Å². The summed E-state index contributed by atoms with van der Waals surface area (Å²) in [4.78, 5) is 37.6. The summed E-state index contributed by atoms with van der Waals surface area (Å²) in [6, 6.07) is 5.87. The number of carboxylic acid groups (broad SMARTS) is 1. The number of aromatic carboxylic acids is 1. The number of aryl methyl sites for hydroxylation is 2. The van der Waals surface area contributed by atoms with Gasteiger partial charge in [0.25, 0.3) is 5.91 Å². The van der Waals surface area contributed by atoms with Crippen molar-refractivity contribution in [3.63, 3.8) is 0 Å². The van der Waals surface area contributed by atoms with E-state index in [1.54, 1.807) is 26.0 Å². The number of carboxylic acids is 1. The molecule has 0 aliphatic carbocycles. The predicted octanol–water partition coefficient (Wildman–Crippen LogP) is 1.94. The minimum absolute atomic E-state index is 0.0296. The van der Waals surface area contributed by atoms with Crippen molar-refractivity contribution in [3.05, 3.63) is 63.1 Å². The summed E-state index contributed by atoms with van der Waals surface area (Å²) in [6.07, 6.45) is 1.33. The quantitative estimate of drug-likeness (QED) is 0.802. The third kappa shape index (κ3) is 3.17. The van der Waals surface area contributed by atoms with Crippen molar-refractivity contribution in [2.75, 3.05) is 5.32 Å². The number of hydrogen-bond donors (Lipinski definition) is 3. The van der Waals surface area contributed by atoms with E-state index >= 15 is 0 Å². The van der Waals surface area contributed by atoms with Crippen LogP contribution in [0.3, 0.4) is 0 Å². The molecule has 0 saturated carbocycles. The van der Waals surface area contributed by atoms with Gasteiger partial charge in [0.05, 0.1) is 5.56 Å². The van der Waals surface area contributed by atoms with Crippen molar-refractivity contribution >= 4 is 17.6 Å². The predicted molar refractivity (Wildman–Crippen MR) is 77.9 cm³/mol. The van der Waals surface area contributed by atoms with Gasteiger partial charge in [-0.15, -0.1) is 0 Å². The topological polar surface area (TPSA) is 99.3 Å². The first kappa shape index (κ1) is 14.5.